The highest BCUT2D eigenvalue weighted by Crippen LogP contribution is 2.44. The SMILES string of the molecule is NC1=NC2(CCCCC2)N(c2c(Cl)cc(C(=O)O)cc2Cl)C(N)=N1. The molecule has 24 heavy (non-hydrogen) atoms. The van der Waals surface area contributed by atoms with Gasteiger partial charge in [-0.3, -0.25) is 4.90 Å². The summed E-state index contributed by atoms with van der Waals surface area (Å²) in [5.41, 5.74) is 11.7. The zero-order valence-electron chi connectivity index (χ0n) is 12.8. The van der Waals surface area contributed by atoms with Crippen LogP contribution in [0.15, 0.2) is 22.1 Å². The van der Waals surface area contributed by atoms with Crippen molar-refractivity contribution in [2.45, 2.75) is 37.8 Å². The highest BCUT2D eigenvalue weighted by Gasteiger charge is 2.44. The Balaban J connectivity index is 2.16. The van der Waals surface area contributed by atoms with Crippen LogP contribution in [0.5, 0.6) is 0 Å². The number of nitrogens with two attached hydrogens (primary N) is 2. The maximum atomic E-state index is 11.2. The highest BCUT2D eigenvalue weighted by molar-refractivity contribution is 6.40. The maximum absolute atomic E-state index is 11.2. The summed E-state index contributed by atoms with van der Waals surface area (Å²) in [6, 6.07) is 2.69. The first-order valence-electron chi connectivity index (χ1n) is 7.56. The summed E-state index contributed by atoms with van der Waals surface area (Å²) in [4.78, 5) is 21.5. The maximum Gasteiger partial charge on any atom is 0.335 e. The van der Waals surface area contributed by atoms with Gasteiger partial charge in [-0.05, 0) is 37.8 Å². The molecule has 1 fully saturated rings. The van der Waals surface area contributed by atoms with E-state index >= 15 is 0 Å². The zero-order chi connectivity index (χ0) is 17.5. The molecule has 0 amide bonds. The van der Waals surface area contributed by atoms with Crippen LogP contribution in [0.3, 0.4) is 0 Å². The van der Waals surface area contributed by atoms with Gasteiger partial charge in [0, 0.05) is 0 Å². The van der Waals surface area contributed by atoms with Crippen molar-refractivity contribution in [2.75, 3.05) is 4.90 Å². The molecule has 0 aromatic heterocycles. The van der Waals surface area contributed by atoms with Gasteiger partial charge in [0.05, 0.1) is 21.3 Å². The van der Waals surface area contributed by atoms with Crippen molar-refractivity contribution in [2.24, 2.45) is 21.5 Å². The van der Waals surface area contributed by atoms with Crippen molar-refractivity contribution in [1.29, 1.82) is 0 Å². The Kier molecular flexibility index (Phi) is 4.31. The predicted molar refractivity (Wildman–Crippen MR) is 95.0 cm³/mol. The molecule has 5 N–H and O–H groups in total. The molecule has 128 valence electrons. The van der Waals surface area contributed by atoms with E-state index in [1.165, 1.54) is 12.1 Å². The topological polar surface area (TPSA) is 117 Å². The Labute approximate surface area is 148 Å². The quantitative estimate of drug-likeness (QED) is 0.740. The van der Waals surface area contributed by atoms with Gasteiger partial charge >= 0.3 is 5.97 Å². The smallest absolute Gasteiger partial charge is 0.335 e. The molecule has 1 spiro atoms. The number of nitrogens with zero attached hydrogens (tertiary/aromatic N) is 3. The van der Waals surface area contributed by atoms with Crippen molar-refractivity contribution in [1.82, 2.24) is 0 Å². The van der Waals surface area contributed by atoms with Crippen LogP contribution in [0.4, 0.5) is 5.69 Å². The van der Waals surface area contributed by atoms with E-state index in [2.05, 4.69) is 9.98 Å². The van der Waals surface area contributed by atoms with Gasteiger partial charge in [-0.2, -0.15) is 4.99 Å². The van der Waals surface area contributed by atoms with E-state index in [0.717, 1.165) is 32.1 Å². The second kappa shape index (κ2) is 6.14. The molecular formula is C15H17Cl2N5O2. The number of carbonyl (C=O) groups is 1. The lowest BCUT2D eigenvalue weighted by atomic mass is 9.87. The second-order valence-corrected chi connectivity index (χ2v) is 6.73. The first kappa shape index (κ1) is 16.9. The number of hydrogen-bond acceptors (Lipinski definition) is 6. The number of carboxylic acid groups (broad SMARTS) is 1. The molecule has 0 atom stereocenters. The molecule has 1 aromatic rings. The van der Waals surface area contributed by atoms with Crippen LogP contribution in [0.1, 0.15) is 42.5 Å². The molecule has 2 aliphatic rings. The van der Waals surface area contributed by atoms with Gasteiger partial charge in [-0.15, -0.1) is 0 Å². The third kappa shape index (κ3) is 2.78. The normalized spacial score (nSPS) is 19.8. The molecule has 1 heterocycles. The van der Waals surface area contributed by atoms with Gasteiger partial charge in [0.25, 0.3) is 0 Å². The molecule has 0 bridgehead atoms. The Morgan fingerprint density at radius 3 is 2.29 bits per heavy atom. The minimum Gasteiger partial charge on any atom is -0.478 e. The molecule has 1 saturated carbocycles. The summed E-state index contributed by atoms with van der Waals surface area (Å²) < 4.78 is 0. The summed E-state index contributed by atoms with van der Waals surface area (Å²) in [5.74, 6) is -0.836. The number of aromatic carboxylic acids is 1. The van der Waals surface area contributed by atoms with Gasteiger partial charge in [-0.25, -0.2) is 9.79 Å². The van der Waals surface area contributed by atoms with E-state index in [1.54, 1.807) is 4.90 Å². The summed E-state index contributed by atoms with van der Waals surface area (Å²) in [7, 11) is 0. The van der Waals surface area contributed by atoms with E-state index in [4.69, 9.17) is 39.8 Å². The average molecular weight is 370 g/mol. The van der Waals surface area contributed by atoms with Crippen LogP contribution in [0.25, 0.3) is 0 Å². The van der Waals surface area contributed by atoms with E-state index in [-0.39, 0.29) is 27.5 Å². The molecular weight excluding hydrogens is 353 g/mol. The number of anilines is 1. The summed E-state index contributed by atoms with van der Waals surface area (Å²) >= 11 is 12.7. The largest absolute Gasteiger partial charge is 0.478 e. The molecule has 0 saturated heterocycles. The number of aliphatic imine (C=N–C) groups is 2. The highest BCUT2D eigenvalue weighted by atomic mass is 35.5. The molecule has 1 aliphatic carbocycles. The van der Waals surface area contributed by atoms with Gasteiger partial charge in [0.1, 0.15) is 5.66 Å². The Morgan fingerprint density at radius 1 is 1.17 bits per heavy atom. The van der Waals surface area contributed by atoms with Crippen LogP contribution >= 0.6 is 23.2 Å². The molecule has 1 aliphatic heterocycles. The van der Waals surface area contributed by atoms with E-state index in [1.807, 2.05) is 0 Å². The molecule has 0 unspecified atom stereocenters. The third-order valence-corrected chi connectivity index (χ3v) is 4.92. The summed E-state index contributed by atoms with van der Waals surface area (Å²) in [5, 5.41) is 9.50. The van der Waals surface area contributed by atoms with Crippen molar-refractivity contribution in [3.05, 3.63) is 27.7 Å². The van der Waals surface area contributed by atoms with E-state index in [9.17, 15) is 4.79 Å². The fraction of sp³-hybridized carbons (Fsp3) is 0.400. The van der Waals surface area contributed by atoms with Crippen LogP contribution < -0.4 is 16.4 Å². The van der Waals surface area contributed by atoms with Crippen LogP contribution in [0.2, 0.25) is 10.0 Å². The second-order valence-electron chi connectivity index (χ2n) is 5.91. The van der Waals surface area contributed by atoms with Crippen molar-refractivity contribution >= 4 is 46.8 Å². The van der Waals surface area contributed by atoms with Crippen LogP contribution in [-0.2, 0) is 0 Å². The molecule has 1 aromatic carbocycles. The Hall–Kier alpha value is -1.99. The first-order chi connectivity index (χ1) is 11.3. The minimum absolute atomic E-state index is 0.00183. The predicted octanol–water partition coefficient (Wildman–Crippen LogP) is 2.80. The van der Waals surface area contributed by atoms with Crippen molar-refractivity contribution in [3.8, 4) is 0 Å². The van der Waals surface area contributed by atoms with Gasteiger partial charge in [0.2, 0.25) is 11.9 Å². The molecule has 9 heteroatoms. The fourth-order valence-electron chi connectivity index (χ4n) is 3.35. The lowest BCUT2D eigenvalue weighted by Crippen LogP contribution is -2.58. The number of hydrogen-bond donors (Lipinski definition) is 3. The zero-order valence-corrected chi connectivity index (χ0v) is 14.3. The number of halogens is 2. The molecule has 7 nitrogen and oxygen atoms in total. The molecule has 3 rings (SSSR count). The standard InChI is InChI=1S/C15H17Cl2N5O2/c16-9-6-8(12(23)24)7-10(17)11(9)22-14(19)20-13(18)21-15(22)4-2-1-3-5-15/h6-7H,1-5H2,(H,23,24)(H4,18,19,20,21). The summed E-state index contributed by atoms with van der Waals surface area (Å²) in [6.07, 6.45) is 4.49. The lowest BCUT2D eigenvalue weighted by molar-refractivity contribution is 0.0697. The third-order valence-electron chi connectivity index (χ3n) is 4.34. The summed E-state index contributed by atoms with van der Waals surface area (Å²) in [6.45, 7) is 0. The average Bonchev–Trinajstić information content (AvgIpc) is 2.49. The monoisotopic (exact) mass is 369 g/mol. The number of carboxylic acids is 1. The number of rotatable bonds is 2. The van der Waals surface area contributed by atoms with E-state index in [0.29, 0.717) is 5.69 Å². The van der Waals surface area contributed by atoms with Crippen molar-refractivity contribution in [3.63, 3.8) is 0 Å². The lowest BCUT2D eigenvalue weighted by Gasteiger charge is -2.46. The van der Waals surface area contributed by atoms with E-state index < -0.39 is 11.6 Å². The van der Waals surface area contributed by atoms with Crippen LogP contribution in [-0.4, -0.2) is 28.7 Å². The Morgan fingerprint density at radius 2 is 1.75 bits per heavy atom. The number of guanidine groups is 2. The fourth-order valence-corrected chi connectivity index (χ4v) is 4.00. The van der Waals surface area contributed by atoms with Crippen molar-refractivity contribution < 1.29 is 9.90 Å². The van der Waals surface area contributed by atoms with Gasteiger partial charge in [-0.1, -0.05) is 29.6 Å². The number of benzene rings is 1. The minimum atomic E-state index is -1.11. The Bertz CT molecular complexity index is 733. The van der Waals surface area contributed by atoms with Gasteiger partial charge < -0.3 is 16.6 Å². The van der Waals surface area contributed by atoms with Crippen LogP contribution in [0, 0.1) is 0 Å². The first-order valence-corrected chi connectivity index (χ1v) is 8.32. The van der Waals surface area contributed by atoms with Gasteiger partial charge in [0.15, 0.2) is 0 Å². The molecule has 0 radical (unpaired) electrons.